The molecule has 5 rings (SSSR count). The number of aryl methyl sites for hydroxylation is 2. The molecule has 9 nitrogen and oxygen atoms in total. The molecule has 34 heavy (non-hydrogen) atoms. The van der Waals surface area contributed by atoms with Gasteiger partial charge in [-0.25, -0.2) is 19.7 Å². The standard InChI is InChI=1S/C25H30N6O3/c1-2-34-25(33)17-8-6-10-19(14-17)28-24(32)18-9-7-12-30(15-18)22-21-23(27-16-26-22)31-13-5-3-4-11-20(31)29-21/h6,8,10,14,16,18H,2-5,7,9,11-13,15H2,1H3,(H,28,32). The maximum atomic E-state index is 13.1. The van der Waals surface area contributed by atoms with Crippen LogP contribution in [0.2, 0.25) is 0 Å². The molecule has 1 atom stereocenters. The minimum atomic E-state index is -0.395. The van der Waals surface area contributed by atoms with Crippen molar-refractivity contribution in [3.05, 3.63) is 42.0 Å². The van der Waals surface area contributed by atoms with Gasteiger partial charge in [0.05, 0.1) is 18.1 Å². The van der Waals surface area contributed by atoms with Crippen LogP contribution >= 0.6 is 0 Å². The molecule has 1 aromatic carbocycles. The number of nitrogens with one attached hydrogen (secondary N) is 1. The molecule has 2 aliphatic rings. The molecular weight excluding hydrogens is 432 g/mol. The summed E-state index contributed by atoms with van der Waals surface area (Å²) in [4.78, 5) is 41.3. The second-order valence-electron chi connectivity index (χ2n) is 8.94. The number of amides is 1. The van der Waals surface area contributed by atoms with Crippen LogP contribution in [0.15, 0.2) is 30.6 Å². The monoisotopic (exact) mass is 462 g/mol. The molecule has 0 spiro atoms. The van der Waals surface area contributed by atoms with Crippen molar-refractivity contribution in [2.45, 2.75) is 52.0 Å². The molecule has 9 heteroatoms. The second kappa shape index (κ2) is 9.79. The third kappa shape index (κ3) is 4.47. The molecule has 4 heterocycles. The molecule has 1 unspecified atom stereocenters. The summed E-state index contributed by atoms with van der Waals surface area (Å²) >= 11 is 0. The molecule has 1 fully saturated rings. The Bertz CT molecular complexity index is 1210. The number of esters is 1. The minimum absolute atomic E-state index is 0.0587. The zero-order valence-electron chi connectivity index (χ0n) is 19.5. The van der Waals surface area contributed by atoms with Crippen molar-refractivity contribution in [3.8, 4) is 0 Å². The molecule has 3 aromatic rings. The maximum Gasteiger partial charge on any atom is 0.338 e. The summed E-state index contributed by atoms with van der Waals surface area (Å²) in [5.74, 6) is 1.25. The van der Waals surface area contributed by atoms with E-state index >= 15 is 0 Å². The van der Waals surface area contributed by atoms with Gasteiger partial charge in [-0.2, -0.15) is 0 Å². The van der Waals surface area contributed by atoms with Crippen molar-refractivity contribution in [1.29, 1.82) is 0 Å². The van der Waals surface area contributed by atoms with E-state index in [2.05, 4.69) is 24.8 Å². The number of carbonyl (C=O) groups is 2. The smallest absolute Gasteiger partial charge is 0.338 e. The maximum absolute atomic E-state index is 13.1. The van der Waals surface area contributed by atoms with E-state index in [4.69, 9.17) is 9.72 Å². The first kappa shape index (κ1) is 22.3. The quantitative estimate of drug-likeness (QED) is 0.578. The predicted octanol–water partition coefficient (Wildman–Crippen LogP) is 3.58. The number of nitrogens with zero attached hydrogens (tertiary/aromatic N) is 5. The van der Waals surface area contributed by atoms with Gasteiger partial charge >= 0.3 is 5.97 Å². The zero-order chi connectivity index (χ0) is 23.5. The summed E-state index contributed by atoms with van der Waals surface area (Å²) in [6, 6.07) is 6.87. The van der Waals surface area contributed by atoms with Crippen LogP contribution in [0, 0.1) is 5.92 Å². The van der Waals surface area contributed by atoms with Crippen molar-refractivity contribution in [2.75, 3.05) is 29.9 Å². The van der Waals surface area contributed by atoms with Crippen LogP contribution in [0.4, 0.5) is 11.5 Å². The molecule has 178 valence electrons. The van der Waals surface area contributed by atoms with Gasteiger partial charge in [-0.1, -0.05) is 12.5 Å². The van der Waals surface area contributed by atoms with E-state index < -0.39 is 5.97 Å². The number of fused-ring (bicyclic) bond motifs is 3. The van der Waals surface area contributed by atoms with E-state index in [9.17, 15) is 9.59 Å². The fourth-order valence-corrected chi connectivity index (χ4v) is 4.92. The Morgan fingerprint density at radius 1 is 1.15 bits per heavy atom. The Morgan fingerprint density at radius 2 is 2.06 bits per heavy atom. The predicted molar refractivity (Wildman–Crippen MR) is 129 cm³/mol. The molecular formula is C25H30N6O3. The van der Waals surface area contributed by atoms with Gasteiger partial charge in [-0.15, -0.1) is 0 Å². The first-order chi connectivity index (χ1) is 16.6. The van der Waals surface area contributed by atoms with Crippen LogP contribution in [0.1, 0.15) is 55.2 Å². The van der Waals surface area contributed by atoms with Crippen molar-refractivity contribution < 1.29 is 14.3 Å². The Labute approximate surface area is 198 Å². The van der Waals surface area contributed by atoms with Gasteiger partial charge in [0.2, 0.25) is 5.91 Å². The average molecular weight is 463 g/mol. The highest BCUT2D eigenvalue weighted by atomic mass is 16.5. The Balaban J connectivity index is 1.33. The first-order valence-corrected chi connectivity index (χ1v) is 12.2. The van der Waals surface area contributed by atoms with Crippen molar-refractivity contribution in [2.24, 2.45) is 5.92 Å². The molecule has 1 N–H and O–H groups in total. The van der Waals surface area contributed by atoms with Crippen LogP contribution in [-0.4, -0.2) is 51.1 Å². The molecule has 0 aliphatic carbocycles. The van der Waals surface area contributed by atoms with Crippen LogP contribution in [0.3, 0.4) is 0 Å². The summed E-state index contributed by atoms with van der Waals surface area (Å²) in [5, 5.41) is 2.98. The summed E-state index contributed by atoms with van der Waals surface area (Å²) in [6.45, 7) is 4.42. The largest absolute Gasteiger partial charge is 0.462 e. The minimum Gasteiger partial charge on any atom is -0.462 e. The highest BCUT2D eigenvalue weighted by molar-refractivity contribution is 5.96. The fraction of sp³-hybridized carbons (Fsp3) is 0.480. The number of imidazole rings is 1. The number of carbonyl (C=O) groups excluding carboxylic acids is 2. The molecule has 0 radical (unpaired) electrons. The van der Waals surface area contributed by atoms with Crippen LogP contribution in [0.25, 0.3) is 11.2 Å². The van der Waals surface area contributed by atoms with E-state index in [1.807, 2.05) is 0 Å². The van der Waals surface area contributed by atoms with Crippen molar-refractivity contribution in [1.82, 2.24) is 19.5 Å². The summed E-state index contributed by atoms with van der Waals surface area (Å²) < 4.78 is 7.30. The molecule has 0 bridgehead atoms. The van der Waals surface area contributed by atoms with E-state index in [0.29, 0.717) is 24.4 Å². The van der Waals surface area contributed by atoms with Crippen molar-refractivity contribution >= 4 is 34.5 Å². The SMILES string of the molecule is CCOC(=O)c1cccc(NC(=O)C2CCCN(c3ncnc4c3nc3n4CCCCC3)C2)c1. The zero-order valence-corrected chi connectivity index (χ0v) is 19.5. The number of hydrogen-bond acceptors (Lipinski definition) is 7. The topological polar surface area (TPSA) is 102 Å². The number of aromatic nitrogens is 4. The highest BCUT2D eigenvalue weighted by Crippen LogP contribution is 2.30. The third-order valence-electron chi connectivity index (χ3n) is 6.61. The number of benzene rings is 1. The van der Waals surface area contributed by atoms with E-state index in [1.54, 1.807) is 37.5 Å². The van der Waals surface area contributed by atoms with Gasteiger partial charge in [0.1, 0.15) is 12.2 Å². The van der Waals surface area contributed by atoms with Crippen LogP contribution in [0.5, 0.6) is 0 Å². The lowest BCUT2D eigenvalue weighted by Crippen LogP contribution is -2.41. The van der Waals surface area contributed by atoms with E-state index in [0.717, 1.165) is 68.0 Å². The fourth-order valence-electron chi connectivity index (χ4n) is 4.92. The Hall–Kier alpha value is -3.49. The lowest BCUT2D eigenvalue weighted by Gasteiger charge is -2.32. The van der Waals surface area contributed by atoms with Crippen LogP contribution in [-0.2, 0) is 22.5 Å². The number of hydrogen-bond donors (Lipinski definition) is 1. The van der Waals surface area contributed by atoms with Gasteiger partial charge in [-0.05, 0) is 50.8 Å². The second-order valence-corrected chi connectivity index (χ2v) is 8.94. The Morgan fingerprint density at radius 3 is 2.94 bits per heavy atom. The number of anilines is 2. The molecule has 1 saturated heterocycles. The first-order valence-electron chi connectivity index (χ1n) is 12.2. The third-order valence-corrected chi connectivity index (χ3v) is 6.61. The number of rotatable bonds is 5. The van der Waals surface area contributed by atoms with Crippen LogP contribution < -0.4 is 10.2 Å². The summed E-state index contributed by atoms with van der Waals surface area (Å²) in [6.07, 6.45) is 7.77. The molecule has 2 aliphatic heterocycles. The summed E-state index contributed by atoms with van der Waals surface area (Å²) in [7, 11) is 0. The molecule has 2 aromatic heterocycles. The van der Waals surface area contributed by atoms with E-state index in [1.165, 1.54) is 6.42 Å². The van der Waals surface area contributed by atoms with Gasteiger partial charge in [-0.3, -0.25) is 4.79 Å². The van der Waals surface area contributed by atoms with Gasteiger partial charge < -0.3 is 19.5 Å². The van der Waals surface area contributed by atoms with E-state index in [-0.39, 0.29) is 11.8 Å². The Kier molecular flexibility index (Phi) is 6.42. The normalized spacial score (nSPS) is 18.3. The summed E-state index contributed by atoms with van der Waals surface area (Å²) in [5.41, 5.74) is 2.75. The lowest BCUT2D eigenvalue weighted by molar-refractivity contribution is -0.120. The van der Waals surface area contributed by atoms with Crippen molar-refractivity contribution in [3.63, 3.8) is 0 Å². The highest BCUT2D eigenvalue weighted by Gasteiger charge is 2.29. The molecule has 1 amide bonds. The number of ether oxygens (including phenoxy) is 1. The lowest BCUT2D eigenvalue weighted by atomic mass is 9.97. The number of piperidine rings is 1. The van der Waals surface area contributed by atoms with Gasteiger partial charge in [0.25, 0.3) is 0 Å². The molecule has 0 saturated carbocycles. The average Bonchev–Trinajstić information content (AvgIpc) is 3.05. The van der Waals surface area contributed by atoms with Gasteiger partial charge in [0, 0.05) is 31.7 Å². The van der Waals surface area contributed by atoms with Gasteiger partial charge in [0.15, 0.2) is 17.0 Å².